The van der Waals surface area contributed by atoms with Crippen LogP contribution >= 0.6 is 0 Å². The molecule has 0 aliphatic rings. The molecule has 0 radical (unpaired) electrons. The van der Waals surface area contributed by atoms with Gasteiger partial charge >= 0.3 is 11.9 Å². The second-order valence-corrected chi connectivity index (χ2v) is 7.98. The molecule has 0 aliphatic heterocycles. The number of benzene rings is 2. The fourth-order valence-corrected chi connectivity index (χ4v) is 3.49. The number of rotatable bonds is 10. The molecule has 0 saturated heterocycles. The van der Waals surface area contributed by atoms with Crippen LogP contribution in [0.25, 0.3) is 21.9 Å². The average Bonchev–Trinajstić information content (AvgIpc) is 2.90. The zero-order valence-corrected chi connectivity index (χ0v) is 20.6. The molecule has 198 valence electrons. The van der Waals surface area contributed by atoms with Gasteiger partial charge in [0.2, 0.25) is 11.5 Å². The van der Waals surface area contributed by atoms with Crippen molar-refractivity contribution in [3.63, 3.8) is 0 Å². The number of aliphatic hydroxyl groups excluding tert-OH is 1. The van der Waals surface area contributed by atoms with Gasteiger partial charge in [-0.2, -0.15) is 0 Å². The number of aliphatic hydroxyl groups is 1. The van der Waals surface area contributed by atoms with E-state index in [0.29, 0.717) is 11.5 Å². The Labute approximate surface area is 215 Å². The molecule has 0 spiro atoms. The van der Waals surface area contributed by atoms with E-state index in [9.17, 15) is 24.3 Å². The van der Waals surface area contributed by atoms with E-state index in [0.717, 1.165) is 12.1 Å². The van der Waals surface area contributed by atoms with Crippen LogP contribution in [0.3, 0.4) is 0 Å². The van der Waals surface area contributed by atoms with Gasteiger partial charge in [-0.1, -0.05) is 0 Å². The summed E-state index contributed by atoms with van der Waals surface area (Å²) in [5, 5.41) is 10.8. The average molecular weight is 524 g/mol. The van der Waals surface area contributed by atoms with Gasteiger partial charge in [0.25, 0.3) is 0 Å². The number of ether oxygens (including phenoxy) is 4. The van der Waals surface area contributed by atoms with Crippen LogP contribution in [0.4, 0.5) is 0 Å². The lowest BCUT2D eigenvalue weighted by Crippen LogP contribution is -2.25. The molecule has 4 aromatic rings. The van der Waals surface area contributed by atoms with Gasteiger partial charge in [-0.05, 0) is 38.1 Å². The predicted octanol–water partition coefficient (Wildman–Crippen LogP) is 3.07. The Hall–Kier alpha value is -4.64. The normalized spacial score (nSPS) is 11.1. The Morgan fingerprint density at radius 3 is 1.55 bits per heavy atom. The van der Waals surface area contributed by atoms with Gasteiger partial charge in [0.15, 0.2) is 10.9 Å². The first-order valence-corrected chi connectivity index (χ1v) is 11.7. The second kappa shape index (κ2) is 11.6. The number of esters is 2. The summed E-state index contributed by atoms with van der Waals surface area (Å²) in [6, 6.07) is 11.0. The minimum absolute atomic E-state index is 0.128. The van der Waals surface area contributed by atoms with Crippen LogP contribution in [0.1, 0.15) is 35.0 Å². The fraction of sp³-hybridized carbons (Fsp3) is 0.259. The summed E-state index contributed by atoms with van der Waals surface area (Å²) in [7, 11) is 0. The third-order valence-corrected chi connectivity index (χ3v) is 5.24. The summed E-state index contributed by atoms with van der Waals surface area (Å²) >= 11 is 0. The van der Waals surface area contributed by atoms with Gasteiger partial charge in [-0.25, -0.2) is 9.59 Å². The summed E-state index contributed by atoms with van der Waals surface area (Å²) in [6.45, 7) is 3.21. The van der Waals surface area contributed by atoms with Crippen molar-refractivity contribution in [2.45, 2.75) is 20.0 Å². The lowest BCUT2D eigenvalue weighted by molar-refractivity contribution is 0.0482. The van der Waals surface area contributed by atoms with E-state index in [4.69, 9.17) is 27.8 Å². The summed E-state index contributed by atoms with van der Waals surface area (Å²) < 4.78 is 31.9. The predicted molar refractivity (Wildman–Crippen MR) is 134 cm³/mol. The number of hydrogen-bond donors (Lipinski definition) is 1. The van der Waals surface area contributed by atoms with E-state index in [2.05, 4.69) is 0 Å². The standard InChI is InChI=1S/C27H24O11/c1-3-33-26(31)24-11-20(29)18-7-5-16(9-22(18)37-24)35-13-15(28)14-36-17-6-8-19-21(30)12-25(27(32)34-4-2)38-23(19)10-17/h5-12,15,28H,3-4,13-14H2,1-2H3. The van der Waals surface area contributed by atoms with Crippen molar-refractivity contribution in [2.24, 2.45) is 0 Å². The highest BCUT2D eigenvalue weighted by Gasteiger charge is 2.16. The maximum atomic E-state index is 12.3. The SMILES string of the molecule is CCOC(=O)c1cc(=O)c2ccc(OCC(O)COc3ccc4c(=O)cc(C(=O)OCC)oc4c3)cc2o1. The third kappa shape index (κ3) is 6.01. The Morgan fingerprint density at radius 2 is 1.16 bits per heavy atom. The molecular weight excluding hydrogens is 500 g/mol. The monoisotopic (exact) mass is 524 g/mol. The van der Waals surface area contributed by atoms with E-state index < -0.39 is 28.9 Å². The first-order valence-electron chi connectivity index (χ1n) is 11.7. The third-order valence-electron chi connectivity index (χ3n) is 5.24. The highest BCUT2D eigenvalue weighted by molar-refractivity contribution is 5.90. The molecule has 2 heterocycles. The van der Waals surface area contributed by atoms with Crippen molar-refractivity contribution in [2.75, 3.05) is 26.4 Å². The van der Waals surface area contributed by atoms with Gasteiger partial charge in [-0.3, -0.25) is 9.59 Å². The van der Waals surface area contributed by atoms with Crippen LogP contribution in [0, 0.1) is 0 Å². The topological polar surface area (TPSA) is 152 Å². The van der Waals surface area contributed by atoms with E-state index in [1.165, 1.54) is 36.4 Å². The van der Waals surface area contributed by atoms with Gasteiger partial charge in [0.1, 0.15) is 42.0 Å². The molecule has 0 atom stereocenters. The maximum Gasteiger partial charge on any atom is 0.374 e. The lowest BCUT2D eigenvalue weighted by atomic mass is 10.2. The molecule has 0 fully saturated rings. The molecule has 38 heavy (non-hydrogen) atoms. The van der Waals surface area contributed by atoms with Crippen molar-refractivity contribution in [1.29, 1.82) is 0 Å². The van der Waals surface area contributed by atoms with Crippen LogP contribution in [0.5, 0.6) is 11.5 Å². The highest BCUT2D eigenvalue weighted by atomic mass is 16.5. The summed E-state index contributed by atoms with van der Waals surface area (Å²) in [6.07, 6.45) is -1.06. The molecule has 1 N–H and O–H groups in total. The molecule has 0 aliphatic carbocycles. The summed E-state index contributed by atoms with van der Waals surface area (Å²) in [5.41, 5.74) is -0.558. The first-order chi connectivity index (χ1) is 18.3. The highest BCUT2D eigenvalue weighted by Crippen LogP contribution is 2.22. The Morgan fingerprint density at radius 1 is 0.737 bits per heavy atom. The fourth-order valence-electron chi connectivity index (χ4n) is 3.49. The van der Waals surface area contributed by atoms with Gasteiger partial charge in [-0.15, -0.1) is 0 Å². The molecule has 11 nitrogen and oxygen atoms in total. The van der Waals surface area contributed by atoms with E-state index in [-0.39, 0.29) is 59.9 Å². The minimum Gasteiger partial charge on any atom is -0.491 e. The van der Waals surface area contributed by atoms with E-state index >= 15 is 0 Å². The Kier molecular flexibility index (Phi) is 8.07. The lowest BCUT2D eigenvalue weighted by Gasteiger charge is -2.14. The molecule has 2 aromatic carbocycles. The van der Waals surface area contributed by atoms with Crippen LogP contribution in [-0.2, 0) is 9.47 Å². The summed E-state index contributed by atoms with van der Waals surface area (Å²) in [5.74, 6) is -1.38. The van der Waals surface area contributed by atoms with E-state index in [1.54, 1.807) is 13.8 Å². The number of fused-ring (bicyclic) bond motifs is 2. The molecule has 0 bridgehead atoms. The van der Waals surface area contributed by atoms with Crippen molar-refractivity contribution < 1.29 is 42.5 Å². The smallest absolute Gasteiger partial charge is 0.374 e. The van der Waals surface area contributed by atoms with Gasteiger partial charge in [0.05, 0.1) is 24.0 Å². The molecule has 0 saturated carbocycles. The Bertz CT molecular complexity index is 1480. The van der Waals surface area contributed by atoms with Crippen LogP contribution in [-0.4, -0.2) is 49.6 Å². The number of hydrogen-bond acceptors (Lipinski definition) is 11. The molecule has 2 aromatic heterocycles. The first kappa shape index (κ1) is 26.4. The zero-order chi connectivity index (χ0) is 27.2. The minimum atomic E-state index is -1.06. The molecule has 0 unspecified atom stereocenters. The zero-order valence-electron chi connectivity index (χ0n) is 20.6. The Balaban J connectivity index is 1.41. The van der Waals surface area contributed by atoms with Crippen molar-refractivity contribution >= 4 is 33.9 Å². The van der Waals surface area contributed by atoms with Crippen molar-refractivity contribution in [3.05, 3.63) is 80.5 Å². The van der Waals surface area contributed by atoms with Crippen LogP contribution < -0.4 is 20.3 Å². The molecule has 4 rings (SSSR count). The van der Waals surface area contributed by atoms with Crippen molar-refractivity contribution in [1.82, 2.24) is 0 Å². The molecule has 0 amide bonds. The summed E-state index contributed by atoms with van der Waals surface area (Å²) in [4.78, 5) is 48.4. The van der Waals surface area contributed by atoms with Gasteiger partial charge in [0, 0.05) is 24.3 Å². The largest absolute Gasteiger partial charge is 0.491 e. The van der Waals surface area contributed by atoms with E-state index in [1.807, 2.05) is 0 Å². The number of carbonyl (C=O) groups excluding carboxylic acids is 2. The van der Waals surface area contributed by atoms with Crippen molar-refractivity contribution in [3.8, 4) is 11.5 Å². The van der Waals surface area contributed by atoms with Crippen LogP contribution in [0.15, 0.2) is 67.0 Å². The molecular formula is C27H24O11. The van der Waals surface area contributed by atoms with Crippen LogP contribution in [0.2, 0.25) is 0 Å². The number of carbonyl (C=O) groups is 2. The molecule has 11 heteroatoms. The van der Waals surface area contributed by atoms with Gasteiger partial charge < -0.3 is 32.9 Å². The maximum absolute atomic E-state index is 12.3. The quantitative estimate of drug-likeness (QED) is 0.305. The second-order valence-electron chi connectivity index (χ2n) is 7.98.